The Labute approximate surface area is 166 Å². The number of benzene rings is 1. The molecular formula is C19H19N5OS2. The number of nitrogens with zero attached hydrogens (tertiary/aromatic N) is 4. The highest BCUT2D eigenvalue weighted by molar-refractivity contribution is 8.00. The number of nitriles is 1. The Bertz CT molecular complexity index is 1020. The summed E-state index contributed by atoms with van der Waals surface area (Å²) >= 11 is 2.61. The van der Waals surface area contributed by atoms with Gasteiger partial charge in [0, 0.05) is 5.39 Å². The van der Waals surface area contributed by atoms with Gasteiger partial charge >= 0.3 is 0 Å². The van der Waals surface area contributed by atoms with Crippen LogP contribution in [0, 0.1) is 11.3 Å². The van der Waals surface area contributed by atoms with Gasteiger partial charge in [-0.15, -0.1) is 10.2 Å². The van der Waals surface area contributed by atoms with E-state index < -0.39 is 0 Å². The lowest BCUT2D eigenvalue weighted by molar-refractivity contribution is -0.113. The first kappa shape index (κ1) is 19.3. The van der Waals surface area contributed by atoms with Gasteiger partial charge in [-0.3, -0.25) is 10.1 Å². The van der Waals surface area contributed by atoms with Gasteiger partial charge in [-0.25, -0.2) is 4.98 Å². The maximum atomic E-state index is 12.2. The second-order valence-electron chi connectivity index (χ2n) is 6.25. The van der Waals surface area contributed by atoms with Crippen LogP contribution in [-0.4, -0.2) is 26.8 Å². The molecule has 0 aliphatic rings. The van der Waals surface area contributed by atoms with Crippen LogP contribution in [0.25, 0.3) is 10.9 Å². The van der Waals surface area contributed by atoms with Gasteiger partial charge in [0.05, 0.1) is 16.8 Å². The van der Waals surface area contributed by atoms with Crippen LogP contribution in [0.5, 0.6) is 0 Å². The Balaban J connectivity index is 1.74. The van der Waals surface area contributed by atoms with Crippen molar-refractivity contribution in [3.05, 3.63) is 40.4 Å². The summed E-state index contributed by atoms with van der Waals surface area (Å²) in [6.07, 6.45) is 0.785. The van der Waals surface area contributed by atoms with E-state index >= 15 is 0 Å². The Morgan fingerprint density at radius 2 is 2.15 bits per heavy atom. The maximum Gasteiger partial charge on any atom is 0.236 e. The number of amides is 1. The number of fused-ring (bicyclic) bond motifs is 1. The van der Waals surface area contributed by atoms with Crippen molar-refractivity contribution in [2.45, 2.75) is 38.1 Å². The molecule has 2 aromatic heterocycles. The molecule has 1 amide bonds. The lowest BCUT2D eigenvalue weighted by Gasteiger charge is -2.09. The van der Waals surface area contributed by atoms with Gasteiger partial charge in [-0.1, -0.05) is 49.9 Å². The topological polar surface area (TPSA) is 91.6 Å². The minimum absolute atomic E-state index is 0.151. The summed E-state index contributed by atoms with van der Waals surface area (Å²) in [5.74, 6) is 0.365. The van der Waals surface area contributed by atoms with Crippen LogP contribution in [0.4, 0.5) is 5.13 Å². The lowest BCUT2D eigenvalue weighted by atomic mass is 10.0. The summed E-state index contributed by atoms with van der Waals surface area (Å²) < 4.78 is 0. The van der Waals surface area contributed by atoms with Crippen molar-refractivity contribution in [3.8, 4) is 6.07 Å². The molecule has 1 aromatic carbocycles. The maximum absolute atomic E-state index is 12.2. The van der Waals surface area contributed by atoms with E-state index in [0.29, 0.717) is 21.6 Å². The van der Waals surface area contributed by atoms with Crippen molar-refractivity contribution in [2.24, 2.45) is 0 Å². The molecule has 3 rings (SSSR count). The molecular weight excluding hydrogens is 378 g/mol. The molecule has 0 saturated carbocycles. The van der Waals surface area contributed by atoms with Crippen molar-refractivity contribution < 1.29 is 4.79 Å². The van der Waals surface area contributed by atoms with Crippen molar-refractivity contribution >= 4 is 45.0 Å². The van der Waals surface area contributed by atoms with E-state index in [0.717, 1.165) is 22.3 Å². The average molecular weight is 398 g/mol. The van der Waals surface area contributed by atoms with Crippen molar-refractivity contribution in [2.75, 3.05) is 11.1 Å². The zero-order valence-corrected chi connectivity index (χ0v) is 16.9. The number of hydrogen-bond acceptors (Lipinski definition) is 7. The highest BCUT2D eigenvalue weighted by Gasteiger charge is 2.13. The zero-order chi connectivity index (χ0) is 19.4. The van der Waals surface area contributed by atoms with Gasteiger partial charge in [-0.2, -0.15) is 5.26 Å². The van der Waals surface area contributed by atoms with Crippen molar-refractivity contribution in [3.63, 3.8) is 0 Å². The lowest BCUT2D eigenvalue weighted by Crippen LogP contribution is -2.14. The van der Waals surface area contributed by atoms with Crippen LogP contribution in [-0.2, 0) is 11.2 Å². The largest absolute Gasteiger partial charge is 0.300 e. The SMILES string of the molecule is CCc1nnc(NC(=O)CSc2nc3ccc(C(C)C)cc3cc2C#N)s1. The molecule has 1 N–H and O–H groups in total. The predicted octanol–water partition coefficient (Wildman–Crippen LogP) is 4.37. The third kappa shape index (κ3) is 4.62. The van der Waals surface area contributed by atoms with E-state index in [-0.39, 0.29) is 11.7 Å². The summed E-state index contributed by atoms with van der Waals surface area (Å²) in [6, 6.07) is 10.1. The van der Waals surface area contributed by atoms with Crippen LogP contribution in [0.2, 0.25) is 0 Å². The first-order valence-corrected chi connectivity index (χ1v) is 10.4. The fourth-order valence-corrected chi connectivity index (χ4v) is 3.92. The molecule has 3 aromatic rings. The number of carbonyl (C=O) groups is 1. The summed E-state index contributed by atoms with van der Waals surface area (Å²) in [5.41, 5.74) is 2.50. The van der Waals surface area contributed by atoms with E-state index in [1.165, 1.54) is 28.7 Å². The van der Waals surface area contributed by atoms with Crippen LogP contribution in [0.15, 0.2) is 29.3 Å². The predicted molar refractivity (Wildman–Crippen MR) is 109 cm³/mol. The van der Waals surface area contributed by atoms with Crippen molar-refractivity contribution in [1.29, 1.82) is 5.26 Å². The number of rotatable bonds is 6. The molecule has 138 valence electrons. The summed E-state index contributed by atoms with van der Waals surface area (Å²) in [4.78, 5) is 16.7. The van der Waals surface area contributed by atoms with E-state index in [4.69, 9.17) is 0 Å². The number of pyridine rings is 1. The van der Waals surface area contributed by atoms with Crippen molar-refractivity contribution in [1.82, 2.24) is 15.2 Å². The Kier molecular flexibility index (Phi) is 6.04. The zero-order valence-electron chi connectivity index (χ0n) is 15.3. The fraction of sp³-hybridized carbons (Fsp3) is 0.316. The van der Waals surface area contributed by atoms with Crippen LogP contribution in [0.1, 0.15) is 42.8 Å². The minimum atomic E-state index is -0.195. The molecule has 0 spiro atoms. The Morgan fingerprint density at radius 3 is 2.81 bits per heavy atom. The van der Waals surface area contributed by atoms with Gasteiger partial charge in [0.25, 0.3) is 0 Å². The molecule has 0 aliphatic heterocycles. The number of hydrogen-bond donors (Lipinski definition) is 1. The Hall–Kier alpha value is -2.50. The first-order chi connectivity index (χ1) is 13.0. The van der Waals surface area contributed by atoms with Crippen LogP contribution < -0.4 is 5.32 Å². The van der Waals surface area contributed by atoms with E-state index in [2.05, 4.69) is 46.5 Å². The van der Waals surface area contributed by atoms with Gasteiger partial charge in [0.15, 0.2) is 0 Å². The van der Waals surface area contributed by atoms with Gasteiger partial charge in [0.1, 0.15) is 16.1 Å². The Morgan fingerprint density at radius 1 is 1.33 bits per heavy atom. The highest BCUT2D eigenvalue weighted by Crippen LogP contribution is 2.27. The standard InChI is InChI=1S/C19H19N5OS2/c1-4-17-23-24-19(27-17)22-16(25)10-26-18-14(9-20)8-13-7-12(11(2)3)5-6-15(13)21-18/h5-8,11H,4,10H2,1-3H3,(H,22,24,25). The number of aryl methyl sites for hydroxylation is 1. The molecule has 0 unspecified atom stereocenters. The third-order valence-corrected chi connectivity index (χ3v) is 5.92. The van der Waals surface area contributed by atoms with Gasteiger partial charge < -0.3 is 0 Å². The third-order valence-electron chi connectivity index (χ3n) is 3.95. The molecule has 0 aliphatic carbocycles. The minimum Gasteiger partial charge on any atom is -0.300 e. The average Bonchev–Trinajstić information content (AvgIpc) is 3.12. The second kappa shape index (κ2) is 8.46. The van der Waals surface area contributed by atoms with E-state index in [1.54, 1.807) is 0 Å². The quantitative estimate of drug-likeness (QED) is 0.621. The van der Waals surface area contributed by atoms with Crippen LogP contribution >= 0.6 is 23.1 Å². The number of aromatic nitrogens is 3. The molecule has 0 bridgehead atoms. The number of nitrogens with one attached hydrogen (secondary N) is 1. The first-order valence-electron chi connectivity index (χ1n) is 8.60. The highest BCUT2D eigenvalue weighted by atomic mass is 32.2. The molecule has 0 saturated heterocycles. The summed E-state index contributed by atoms with van der Waals surface area (Å²) in [7, 11) is 0. The monoisotopic (exact) mass is 397 g/mol. The summed E-state index contributed by atoms with van der Waals surface area (Å²) in [6.45, 7) is 6.25. The molecule has 2 heterocycles. The number of carbonyl (C=O) groups excluding carboxylic acids is 1. The smallest absolute Gasteiger partial charge is 0.236 e. The van der Waals surface area contributed by atoms with E-state index in [9.17, 15) is 10.1 Å². The molecule has 6 nitrogen and oxygen atoms in total. The molecule has 0 fully saturated rings. The van der Waals surface area contributed by atoms with Gasteiger partial charge in [0.2, 0.25) is 11.0 Å². The number of anilines is 1. The normalized spacial score (nSPS) is 10.9. The fourth-order valence-electron chi connectivity index (χ4n) is 2.46. The molecule has 27 heavy (non-hydrogen) atoms. The number of thioether (sulfide) groups is 1. The second-order valence-corrected chi connectivity index (χ2v) is 8.28. The summed E-state index contributed by atoms with van der Waals surface area (Å²) in [5, 5.41) is 23.0. The molecule has 0 atom stereocenters. The van der Waals surface area contributed by atoms with Crippen LogP contribution in [0.3, 0.4) is 0 Å². The molecule has 8 heteroatoms. The molecule has 0 radical (unpaired) electrons. The van der Waals surface area contributed by atoms with E-state index in [1.807, 2.05) is 25.1 Å². The van der Waals surface area contributed by atoms with Gasteiger partial charge in [-0.05, 0) is 36.1 Å².